The molecule has 1 nitrogen and oxygen atoms in total. The van der Waals surface area contributed by atoms with E-state index in [4.69, 9.17) is 0 Å². The first-order valence-electron chi connectivity index (χ1n) is 4.37. The van der Waals surface area contributed by atoms with Crippen molar-refractivity contribution < 1.29 is 0 Å². The Labute approximate surface area is 64.2 Å². The first-order chi connectivity index (χ1) is 4.84. The summed E-state index contributed by atoms with van der Waals surface area (Å²) in [5.41, 5.74) is 0. The molecule has 1 N–H and O–H groups in total. The average Bonchev–Trinajstić information content (AvgIpc) is 2.05. The lowest BCUT2D eigenvalue weighted by molar-refractivity contribution is 0.306. The zero-order chi connectivity index (χ0) is 7.40. The Morgan fingerprint density at radius 2 is 2.50 bits per heavy atom. The Bertz CT molecular complexity index is 84.7. The predicted molar refractivity (Wildman–Crippen MR) is 44.7 cm³/mol. The van der Waals surface area contributed by atoms with Gasteiger partial charge in [-0.25, -0.2) is 0 Å². The number of rotatable bonds is 2. The molecule has 0 bridgehead atoms. The normalized spacial score (nSPS) is 30.0. The molecule has 59 valence electrons. The lowest BCUT2D eigenvalue weighted by Crippen LogP contribution is -2.33. The molecule has 2 atom stereocenters. The SMILES string of the molecule is CCC(C)C1C[CH]CNC1. The van der Waals surface area contributed by atoms with Crippen molar-refractivity contribution in [3.05, 3.63) is 6.42 Å². The van der Waals surface area contributed by atoms with Gasteiger partial charge in [0.1, 0.15) is 0 Å². The third-order valence-electron chi connectivity index (χ3n) is 2.61. The van der Waals surface area contributed by atoms with Gasteiger partial charge in [0.15, 0.2) is 0 Å². The molecule has 0 amide bonds. The maximum atomic E-state index is 3.39. The lowest BCUT2D eigenvalue weighted by atomic mass is 9.86. The summed E-state index contributed by atoms with van der Waals surface area (Å²) in [5.74, 6) is 1.79. The first kappa shape index (κ1) is 8.06. The van der Waals surface area contributed by atoms with Crippen LogP contribution in [0.25, 0.3) is 0 Å². The smallest absolute Gasteiger partial charge is 0.00172 e. The van der Waals surface area contributed by atoms with Crippen molar-refractivity contribution in [2.45, 2.75) is 26.7 Å². The Morgan fingerprint density at radius 3 is 3.00 bits per heavy atom. The highest BCUT2D eigenvalue weighted by atomic mass is 14.9. The van der Waals surface area contributed by atoms with Gasteiger partial charge in [-0.3, -0.25) is 0 Å². The minimum Gasteiger partial charge on any atom is -0.316 e. The molecule has 0 spiro atoms. The summed E-state index contributed by atoms with van der Waals surface area (Å²) in [7, 11) is 0. The molecule has 1 aliphatic rings. The number of hydrogen-bond acceptors (Lipinski definition) is 1. The topological polar surface area (TPSA) is 12.0 Å². The summed E-state index contributed by atoms with van der Waals surface area (Å²) in [4.78, 5) is 0. The lowest BCUT2D eigenvalue weighted by Gasteiger charge is -2.27. The van der Waals surface area contributed by atoms with Crippen molar-refractivity contribution in [3.8, 4) is 0 Å². The summed E-state index contributed by atoms with van der Waals surface area (Å²) in [6.07, 6.45) is 5.00. The van der Waals surface area contributed by atoms with Gasteiger partial charge in [0.2, 0.25) is 0 Å². The second-order valence-electron chi connectivity index (χ2n) is 3.33. The molecule has 0 aliphatic carbocycles. The molecular weight excluding hydrogens is 122 g/mol. The van der Waals surface area contributed by atoms with E-state index in [1.165, 1.54) is 19.4 Å². The van der Waals surface area contributed by atoms with Crippen molar-refractivity contribution in [1.82, 2.24) is 5.32 Å². The number of hydrogen-bond donors (Lipinski definition) is 1. The van der Waals surface area contributed by atoms with E-state index in [0.717, 1.165) is 18.4 Å². The molecule has 1 heterocycles. The predicted octanol–water partition coefficient (Wildman–Crippen LogP) is 1.85. The van der Waals surface area contributed by atoms with Gasteiger partial charge in [-0.15, -0.1) is 0 Å². The molecule has 1 rings (SSSR count). The molecule has 1 fully saturated rings. The van der Waals surface area contributed by atoms with Gasteiger partial charge in [0.25, 0.3) is 0 Å². The monoisotopic (exact) mass is 140 g/mol. The van der Waals surface area contributed by atoms with Crippen LogP contribution in [0, 0.1) is 18.3 Å². The Hall–Kier alpha value is -0.0400. The van der Waals surface area contributed by atoms with E-state index in [1.54, 1.807) is 0 Å². The van der Waals surface area contributed by atoms with E-state index >= 15 is 0 Å². The van der Waals surface area contributed by atoms with E-state index in [9.17, 15) is 0 Å². The van der Waals surface area contributed by atoms with Gasteiger partial charge in [-0.05, 0) is 37.8 Å². The standard InChI is InChI=1S/C9H18N/c1-3-8(2)9-5-4-6-10-7-9/h4,8-10H,3,5-7H2,1-2H3. The van der Waals surface area contributed by atoms with Crippen molar-refractivity contribution >= 4 is 0 Å². The fourth-order valence-corrected chi connectivity index (χ4v) is 1.52. The molecule has 1 saturated heterocycles. The molecule has 2 unspecified atom stereocenters. The van der Waals surface area contributed by atoms with E-state index in [-0.39, 0.29) is 0 Å². The maximum absolute atomic E-state index is 3.39. The van der Waals surface area contributed by atoms with Gasteiger partial charge in [-0.2, -0.15) is 0 Å². The van der Waals surface area contributed by atoms with Crippen LogP contribution in [0.2, 0.25) is 0 Å². The minimum absolute atomic E-state index is 0.893. The van der Waals surface area contributed by atoms with Crippen molar-refractivity contribution in [2.75, 3.05) is 13.1 Å². The molecule has 10 heavy (non-hydrogen) atoms. The van der Waals surface area contributed by atoms with Crippen LogP contribution in [0.15, 0.2) is 0 Å². The molecule has 1 aliphatic heterocycles. The highest BCUT2D eigenvalue weighted by Crippen LogP contribution is 2.21. The van der Waals surface area contributed by atoms with Crippen molar-refractivity contribution in [2.24, 2.45) is 11.8 Å². The highest BCUT2D eigenvalue weighted by Gasteiger charge is 2.17. The van der Waals surface area contributed by atoms with Crippen LogP contribution in [0.4, 0.5) is 0 Å². The van der Waals surface area contributed by atoms with E-state index in [1.807, 2.05) is 0 Å². The average molecular weight is 140 g/mol. The second-order valence-corrected chi connectivity index (χ2v) is 3.33. The van der Waals surface area contributed by atoms with Crippen LogP contribution in [-0.4, -0.2) is 13.1 Å². The largest absolute Gasteiger partial charge is 0.316 e. The van der Waals surface area contributed by atoms with Gasteiger partial charge in [0.05, 0.1) is 0 Å². The second kappa shape index (κ2) is 3.97. The fourth-order valence-electron chi connectivity index (χ4n) is 1.52. The van der Waals surface area contributed by atoms with E-state index in [0.29, 0.717) is 0 Å². The van der Waals surface area contributed by atoms with E-state index in [2.05, 4.69) is 25.6 Å². The third-order valence-corrected chi connectivity index (χ3v) is 2.61. The van der Waals surface area contributed by atoms with Gasteiger partial charge in [0, 0.05) is 0 Å². The van der Waals surface area contributed by atoms with Crippen LogP contribution >= 0.6 is 0 Å². The zero-order valence-electron chi connectivity index (χ0n) is 7.06. The summed E-state index contributed by atoms with van der Waals surface area (Å²) in [5, 5.41) is 3.39. The minimum atomic E-state index is 0.893. The van der Waals surface area contributed by atoms with Crippen LogP contribution in [-0.2, 0) is 0 Å². The maximum Gasteiger partial charge on any atom is -0.00172 e. The molecule has 0 aromatic carbocycles. The van der Waals surface area contributed by atoms with Crippen molar-refractivity contribution in [1.29, 1.82) is 0 Å². The summed E-state index contributed by atoms with van der Waals surface area (Å²) < 4.78 is 0. The van der Waals surface area contributed by atoms with E-state index < -0.39 is 0 Å². The van der Waals surface area contributed by atoms with Gasteiger partial charge >= 0.3 is 0 Å². The van der Waals surface area contributed by atoms with Crippen LogP contribution in [0.3, 0.4) is 0 Å². The fraction of sp³-hybridized carbons (Fsp3) is 0.889. The quantitative estimate of drug-likeness (QED) is 0.617. The molecule has 0 saturated carbocycles. The van der Waals surface area contributed by atoms with Gasteiger partial charge in [-0.1, -0.05) is 20.3 Å². The van der Waals surface area contributed by atoms with Gasteiger partial charge < -0.3 is 5.32 Å². The Morgan fingerprint density at radius 1 is 1.70 bits per heavy atom. The zero-order valence-corrected chi connectivity index (χ0v) is 7.06. The van der Waals surface area contributed by atoms with Crippen LogP contribution in [0.1, 0.15) is 26.7 Å². The summed E-state index contributed by atoms with van der Waals surface area (Å²) >= 11 is 0. The molecule has 1 radical (unpaired) electrons. The molecule has 1 heteroatoms. The molecule has 0 aromatic heterocycles. The first-order valence-corrected chi connectivity index (χ1v) is 4.37. The highest BCUT2D eigenvalue weighted by molar-refractivity contribution is 4.82. The molecule has 0 aromatic rings. The molecular formula is C9H18N. The van der Waals surface area contributed by atoms with Crippen LogP contribution < -0.4 is 5.32 Å². The Kier molecular flexibility index (Phi) is 3.20. The number of piperidine rings is 1. The third kappa shape index (κ3) is 1.98. The Balaban J connectivity index is 2.24. The van der Waals surface area contributed by atoms with Crippen molar-refractivity contribution in [3.63, 3.8) is 0 Å². The summed E-state index contributed by atoms with van der Waals surface area (Å²) in [6, 6.07) is 0. The van der Waals surface area contributed by atoms with Crippen LogP contribution in [0.5, 0.6) is 0 Å². The summed E-state index contributed by atoms with van der Waals surface area (Å²) in [6.45, 7) is 6.98. The number of nitrogens with one attached hydrogen (secondary N) is 1.